The van der Waals surface area contributed by atoms with Gasteiger partial charge in [0.15, 0.2) is 0 Å². The number of carbonyl (C=O) groups excluding carboxylic acids is 2. The van der Waals surface area contributed by atoms with Gasteiger partial charge in [0.25, 0.3) is 11.8 Å². The quantitative estimate of drug-likeness (QED) is 0.473. The van der Waals surface area contributed by atoms with E-state index in [0.717, 1.165) is 57.4 Å². The standard InChI is InChI=1S/C31H33ClN4O2/c32-27-4-2-1-3-25(27)29(37)34-28-8-7-22-5-6-23(21-26(22)28)30(38)36-19-13-31(14-20-36)11-17-35(18-12-31)24-9-15-33-16-10-24/h1-6,9-10,15-16,21,28H,7-8,11-14,17-20H2,(H,34,37). The first-order valence-corrected chi connectivity index (χ1v) is 14.0. The van der Waals surface area contributed by atoms with E-state index in [2.05, 4.69) is 33.4 Å². The third kappa shape index (κ3) is 4.90. The Morgan fingerprint density at radius 2 is 1.63 bits per heavy atom. The van der Waals surface area contributed by atoms with Crippen molar-refractivity contribution in [2.75, 3.05) is 31.1 Å². The van der Waals surface area contributed by atoms with Gasteiger partial charge in [-0.25, -0.2) is 0 Å². The fourth-order valence-electron chi connectivity index (χ4n) is 6.43. The zero-order chi connectivity index (χ0) is 26.1. The molecule has 38 heavy (non-hydrogen) atoms. The zero-order valence-corrected chi connectivity index (χ0v) is 22.3. The highest BCUT2D eigenvalue weighted by Gasteiger charge is 2.39. The van der Waals surface area contributed by atoms with Crippen LogP contribution in [0.15, 0.2) is 67.0 Å². The molecule has 2 aromatic carbocycles. The average molecular weight is 529 g/mol. The van der Waals surface area contributed by atoms with Crippen molar-refractivity contribution >= 4 is 29.1 Å². The number of nitrogens with one attached hydrogen (secondary N) is 1. The highest BCUT2D eigenvalue weighted by Crippen LogP contribution is 2.42. The van der Waals surface area contributed by atoms with Gasteiger partial charge in [-0.2, -0.15) is 0 Å². The first kappa shape index (κ1) is 24.9. The van der Waals surface area contributed by atoms with Crippen LogP contribution in [0.5, 0.6) is 0 Å². The molecule has 1 aliphatic carbocycles. The topological polar surface area (TPSA) is 65.5 Å². The summed E-state index contributed by atoms with van der Waals surface area (Å²) in [6.07, 6.45) is 9.89. The van der Waals surface area contributed by atoms with Gasteiger partial charge < -0.3 is 15.1 Å². The maximum absolute atomic E-state index is 13.5. The van der Waals surface area contributed by atoms with Crippen LogP contribution < -0.4 is 10.2 Å². The molecule has 6 nitrogen and oxygen atoms in total. The van der Waals surface area contributed by atoms with Crippen molar-refractivity contribution in [2.45, 2.75) is 44.6 Å². The van der Waals surface area contributed by atoms with Gasteiger partial charge in [0, 0.05) is 49.8 Å². The summed E-state index contributed by atoms with van der Waals surface area (Å²) in [5, 5.41) is 3.58. The number of hydrogen-bond acceptors (Lipinski definition) is 4. The third-order valence-electron chi connectivity index (χ3n) is 8.86. The summed E-state index contributed by atoms with van der Waals surface area (Å²) in [5.74, 6) is -0.0820. The smallest absolute Gasteiger partial charge is 0.253 e. The maximum Gasteiger partial charge on any atom is 0.253 e. The average Bonchev–Trinajstić information content (AvgIpc) is 3.36. The first-order chi connectivity index (χ1) is 18.5. The van der Waals surface area contributed by atoms with Crippen LogP contribution in [-0.4, -0.2) is 47.9 Å². The number of piperidine rings is 2. The molecule has 3 aromatic rings. The SMILES string of the molecule is O=C(NC1CCc2ccc(C(=O)N3CCC4(CC3)CCN(c3ccncc3)CC4)cc21)c1ccccc1Cl. The number of pyridine rings is 1. The Bertz CT molecular complexity index is 1330. The minimum atomic E-state index is -0.179. The Morgan fingerprint density at radius 1 is 0.921 bits per heavy atom. The Kier molecular flexibility index (Phi) is 6.83. The highest BCUT2D eigenvalue weighted by atomic mass is 35.5. The lowest BCUT2D eigenvalue weighted by Crippen LogP contribution is -2.48. The van der Waals surface area contributed by atoms with Crippen LogP contribution >= 0.6 is 11.6 Å². The van der Waals surface area contributed by atoms with Crippen molar-refractivity contribution in [2.24, 2.45) is 5.41 Å². The summed E-state index contributed by atoms with van der Waals surface area (Å²) in [6, 6.07) is 17.2. The van der Waals surface area contributed by atoms with Crippen LogP contribution in [0, 0.1) is 5.41 Å². The van der Waals surface area contributed by atoms with Gasteiger partial charge >= 0.3 is 0 Å². The molecule has 2 saturated heterocycles. The molecular formula is C31H33ClN4O2. The van der Waals surface area contributed by atoms with Gasteiger partial charge in [-0.05, 0) is 91.5 Å². The van der Waals surface area contributed by atoms with E-state index in [1.807, 2.05) is 41.6 Å². The van der Waals surface area contributed by atoms with E-state index in [-0.39, 0.29) is 17.9 Å². The number of fused-ring (bicyclic) bond motifs is 1. The summed E-state index contributed by atoms with van der Waals surface area (Å²) in [4.78, 5) is 35.0. The van der Waals surface area contributed by atoms with Crippen molar-refractivity contribution in [1.29, 1.82) is 0 Å². The van der Waals surface area contributed by atoms with Crippen molar-refractivity contribution in [3.8, 4) is 0 Å². The molecule has 1 N–H and O–H groups in total. The van der Waals surface area contributed by atoms with Crippen LogP contribution in [0.4, 0.5) is 5.69 Å². The van der Waals surface area contributed by atoms with Crippen LogP contribution in [0.3, 0.4) is 0 Å². The summed E-state index contributed by atoms with van der Waals surface area (Å²) in [5.41, 5.74) is 5.03. The van der Waals surface area contributed by atoms with Crippen LogP contribution in [0.25, 0.3) is 0 Å². The summed E-state index contributed by atoms with van der Waals surface area (Å²) in [6.45, 7) is 3.73. The Labute approximate surface area is 229 Å². The molecule has 3 heterocycles. The first-order valence-electron chi connectivity index (χ1n) is 13.6. The van der Waals surface area contributed by atoms with Crippen LogP contribution in [0.2, 0.25) is 5.02 Å². The Balaban J connectivity index is 1.08. The van der Waals surface area contributed by atoms with E-state index < -0.39 is 0 Å². The molecule has 2 amide bonds. The van der Waals surface area contributed by atoms with E-state index in [4.69, 9.17) is 11.6 Å². The van der Waals surface area contributed by atoms with Gasteiger partial charge in [0.05, 0.1) is 16.6 Å². The van der Waals surface area contributed by atoms with E-state index in [9.17, 15) is 9.59 Å². The van der Waals surface area contributed by atoms with E-state index in [1.54, 1.807) is 12.1 Å². The molecule has 7 heteroatoms. The van der Waals surface area contributed by atoms with Crippen molar-refractivity contribution < 1.29 is 9.59 Å². The number of carbonyl (C=O) groups is 2. The number of anilines is 1. The fourth-order valence-corrected chi connectivity index (χ4v) is 6.65. The number of halogens is 1. The number of nitrogens with zero attached hydrogens (tertiary/aromatic N) is 3. The maximum atomic E-state index is 13.5. The molecule has 0 bridgehead atoms. The number of aromatic nitrogens is 1. The second kappa shape index (κ2) is 10.4. The molecule has 196 valence electrons. The molecule has 0 saturated carbocycles. The predicted molar refractivity (Wildman–Crippen MR) is 150 cm³/mol. The number of aryl methyl sites for hydroxylation is 1. The van der Waals surface area contributed by atoms with E-state index in [0.29, 0.717) is 21.6 Å². The van der Waals surface area contributed by atoms with Crippen molar-refractivity contribution in [3.05, 3.63) is 94.3 Å². The van der Waals surface area contributed by atoms with E-state index >= 15 is 0 Å². The van der Waals surface area contributed by atoms with Crippen LogP contribution in [-0.2, 0) is 6.42 Å². The Hall–Kier alpha value is -3.38. The minimum Gasteiger partial charge on any atom is -0.371 e. The summed E-state index contributed by atoms with van der Waals surface area (Å²) >= 11 is 6.23. The normalized spacial score (nSPS) is 20.3. The highest BCUT2D eigenvalue weighted by molar-refractivity contribution is 6.33. The van der Waals surface area contributed by atoms with Gasteiger partial charge in [0.1, 0.15) is 0 Å². The zero-order valence-electron chi connectivity index (χ0n) is 21.5. The van der Waals surface area contributed by atoms with Gasteiger partial charge in [0.2, 0.25) is 0 Å². The second-order valence-electron chi connectivity index (χ2n) is 10.9. The predicted octanol–water partition coefficient (Wildman–Crippen LogP) is 5.68. The molecule has 2 aliphatic heterocycles. The molecule has 1 spiro atoms. The second-order valence-corrected chi connectivity index (χ2v) is 11.4. The molecule has 3 aliphatic rings. The summed E-state index contributed by atoms with van der Waals surface area (Å²) < 4.78 is 0. The lowest BCUT2D eigenvalue weighted by Gasteiger charge is -2.47. The number of rotatable bonds is 4. The monoisotopic (exact) mass is 528 g/mol. The fraction of sp³-hybridized carbons (Fsp3) is 0.387. The largest absolute Gasteiger partial charge is 0.371 e. The van der Waals surface area contributed by atoms with Gasteiger partial charge in [-0.3, -0.25) is 14.6 Å². The van der Waals surface area contributed by atoms with E-state index in [1.165, 1.54) is 24.1 Å². The molecule has 1 atom stereocenters. The van der Waals surface area contributed by atoms with Crippen molar-refractivity contribution in [3.63, 3.8) is 0 Å². The van der Waals surface area contributed by atoms with Crippen LogP contribution in [0.1, 0.15) is 70.0 Å². The molecule has 1 aromatic heterocycles. The molecule has 1 unspecified atom stereocenters. The number of benzene rings is 2. The molecule has 6 rings (SSSR count). The minimum absolute atomic E-state index is 0.0972. The number of hydrogen-bond donors (Lipinski definition) is 1. The summed E-state index contributed by atoms with van der Waals surface area (Å²) in [7, 11) is 0. The van der Waals surface area contributed by atoms with Gasteiger partial charge in [-0.1, -0.05) is 29.8 Å². The third-order valence-corrected chi connectivity index (χ3v) is 9.19. The molecular weight excluding hydrogens is 496 g/mol. The van der Waals surface area contributed by atoms with Gasteiger partial charge in [-0.15, -0.1) is 0 Å². The molecule has 0 radical (unpaired) electrons. The Morgan fingerprint density at radius 3 is 2.37 bits per heavy atom. The lowest BCUT2D eigenvalue weighted by atomic mass is 9.71. The van der Waals surface area contributed by atoms with Crippen molar-refractivity contribution in [1.82, 2.24) is 15.2 Å². The lowest BCUT2D eigenvalue weighted by molar-refractivity contribution is 0.0515. The number of amides is 2. The molecule has 2 fully saturated rings. The number of likely N-dealkylation sites (tertiary alicyclic amines) is 1.